The third-order valence-corrected chi connectivity index (χ3v) is 4.77. The van der Waals surface area contributed by atoms with Gasteiger partial charge in [0.05, 0.1) is 12.2 Å². The molecule has 1 aliphatic rings. The van der Waals surface area contributed by atoms with Gasteiger partial charge in [0.15, 0.2) is 6.04 Å². The van der Waals surface area contributed by atoms with E-state index in [0.717, 1.165) is 25.2 Å². The predicted octanol–water partition coefficient (Wildman–Crippen LogP) is 2.85. The van der Waals surface area contributed by atoms with E-state index in [0.29, 0.717) is 11.1 Å². The van der Waals surface area contributed by atoms with E-state index in [9.17, 15) is 14.7 Å². The zero-order valence-electron chi connectivity index (χ0n) is 16.2. The molecule has 28 heavy (non-hydrogen) atoms. The summed E-state index contributed by atoms with van der Waals surface area (Å²) in [6.45, 7) is 6.69. The molecule has 2 aromatic carbocycles. The van der Waals surface area contributed by atoms with Crippen molar-refractivity contribution in [3.63, 3.8) is 0 Å². The third-order valence-electron chi connectivity index (χ3n) is 4.77. The Bertz CT molecular complexity index is 797. The van der Waals surface area contributed by atoms with E-state index < -0.39 is 17.9 Å². The van der Waals surface area contributed by atoms with Crippen molar-refractivity contribution in [3.8, 4) is 0 Å². The fourth-order valence-electron chi connectivity index (χ4n) is 3.58. The van der Waals surface area contributed by atoms with E-state index in [1.807, 2.05) is 12.1 Å². The van der Waals surface area contributed by atoms with Crippen LogP contribution in [0.4, 0.5) is 0 Å². The summed E-state index contributed by atoms with van der Waals surface area (Å²) in [5.74, 6) is -1.50. The van der Waals surface area contributed by atoms with Gasteiger partial charge in [0.25, 0.3) is 5.91 Å². The highest BCUT2D eigenvalue weighted by Crippen LogP contribution is 2.16. The molecule has 1 saturated heterocycles. The molecule has 0 aromatic heterocycles. The number of morpholine rings is 1. The van der Waals surface area contributed by atoms with Crippen LogP contribution in [0.15, 0.2) is 54.6 Å². The van der Waals surface area contributed by atoms with E-state index in [1.54, 1.807) is 42.5 Å². The second kappa shape index (κ2) is 8.99. The number of aliphatic carboxylic acids is 1. The summed E-state index contributed by atoms with van der Waals surface area (Å²) >= 11 is 0. The molecule has 2 aromatic rings. The molecule has 2 N–H and O–H groups in total. The summed E-state index contributed by atoms with van der Waals surface area (Å²) in [6.07, 6.45) is 0.416. The molecule has 1 fully saturated rings. The molecule has 3 rings (SSSR count). The molecule has 3 atom stereocenters. The van der Waals surface area contributed by atoms with Gasteiger partial charge in [-0.15, -0.1) is 0 Å². The Morgan fingerprint density at radius 3 is 2.25 bits per heavy atom. The number of carboxylic acid groups (broad SMARTS) is 1. The van der Waals surface area contributed by atoms with Crippen LogP contribution in [0.25, 0.3) is 0 Å². The number of carbonyl (C=O) groups excluding carboxylic acids is 1. The maximum atomic E-state index is 12.5. The molecule has 1 aliphatic heterocycles. The zero-order chi connectivity index (χ0) is 20.1. The average Bonchev–Trinajstić information content (AvgIpc) is 2.66. The third kappa shape index (κ3) is 5.18. The normalized spacial score (nSPS) is 21.1. The highest BCUT2D eigenvalue weighted by molar-refractivity contribution is 5.96. The fraction of sp³-hybridized carbons (Fsp3) is 0.364. The van der Waals surface area contributed by atoms with Crippen molar-refractivity contribution in [1.29, 1.82) is 0 Å². The first-order chi connectivity index (χ1) is 13.4. The lowest BCUT2D eigenvalue weighted by Gasteiger charge is -2.35. The summed E-state index contributed by atoms with van der Waals surface area (Å²) in [5, 5.41) is 12.1. The van der Waals surface area contributed by atoms with Crippen molar-refractivity contribution >= 4 is 11.9 Å². The second-order valence-corrected chi connectivity index (χ2v) is 7.30. The number of benzene rings is 2. The summed E-state index contributed by atoms with van der Waals surface area (Å²) in [7, 11) is 0. The van der Waals surface area contributed by atoms with Gasteiger partial charge >= 0.3 is 5.97 Å². The minimum absolute atomic E-state index is 0.208. The molecule has 0 spiro atoms. The fourth-order valence-corrected chi connectivity index (χ4v) is 3.58. The number of hydrogen-bond acceptors (Lipinski definition) is 4. The van der Waals surface area contributed by atoms with Crippen LogP contribution < -0.4 is 5.32 Å². The Balaban J connectivity index is 1.64. The highest BCUT2D eigenvalue weighted by Gasteiger charge is 2.23. The Hall–Kier alpha value is -2.70. The minimum Gasteiger partial charge on any atom is -0.479 e. The van der Waals surface area contributed by atoms with Crippen LogP contribution in [-0.2, 0) is 16.1 Å². The molecule has 6 heteroatoms. The maximum Gasteiger partial charge on any atom is 0.330 e. The molecule has 0 unspecified atom stereocenters. The largest absolute Gasteiger partial charge is 0.479 e. The van der Waals surface area contributed by atoms with Gasteiger partial charge in [-0.3, -0.25) is 9.69 Å². The van der Waals surface area contributed by atoms with E-state index in [4.69, 9.17) is 4.74 Å². The van der Waals surface area contributed by atoms with Gasteiger partial charge in [-0.2, -0.15) is 0 Å². The van der Waals surface area contributed by atoms with Gasteiger partial charge in [0.1, 0.15) is 0 Å². The highest BCUT2D eigenvalue weighted by atomic mass is 16.5. The van der Waals surface area contributed by atoms with Gasteiger partial charge in [-0.05, 0) is 37.1 Å². The summed E-state index contributed by atoms with van der Waals surface area (Å²) in [6, 6.07) is 14.9. The van der Waals surface area contributed by atoms with Crippen molar-refractivity contribution in [2.75, 3.05) is 13.1 Å². The molecule has 0 aliphatic carbocycles. The number of nitrogens with zero attached hydrogens (tertiary/aromatic N) is 1. The molecular weight excluding hydrogens is 356 g/mol. The number of amides is 1. The predicted molar refractivity (Wildman–Crippen MR) is 106 cm³/mol. The van der Waals surface area contributed by atoms with Gasteiger partial charge in [0.2, 0.25) is 0 Å². The standard InChI is InChI=1S/C22H26N2O4/c1-15-12-24(13-16(2)28-15)14-17-8-10-19(11-9-17)21(25)23-20(22(26)27)18-6-4-3-5-7-18/h3-11,15-16,20H,12-14H2,1-2H3,(H,23,25)(H,26,27)/t15-,16-,20+/m1/s1. The van der Waals surface area contributed by atoms with Crippen molar-refractivity contribution in [2.24, 2.45) is 0 Å². The topological polar surface area (TPSA) is 78.9 Å². The lowest BCUT2D eigenvalue weighted by molar-refractivity contribution is -0.139. The first kappa shape index (κ1) is 20.0. The van der Waals surface area contributed by atoms with Gasteiger partial charge in [-0.1, -0.05) is 42.5 Å². The van der Waals surface area contributed by atoms with Gasteiger partial charge in [-0.25, -0.2) is 4.79 Å². The Morgan fingerprint density at radius 2 is 1.68 bits per heavy atom. The van der Waals surface area contributed by atoms with Crippen LogP contribution in [0.5, 0.6) is 0 Å². The Labute approximate surface area is 165 Å². The van der Waals surface area contributed by atoms with E-state index >= 15 is 0 Å². The lowest BCUT2D eigenvalue weighted by atomic mass is 10.1. The summed E-state index contributed by atoms with van der Waals surface area (Å²) in [5.41, 5.74) is 2.08. The number of ether oxygens (including phenoxy) is 1. The average molecular weight is 382 g/mol. The number of carboxylic acids is 1. The summed E-state index contributed by atoms with van der Waals surface area (Å²) < 4.78 is 5.75. The Kier molecular flexibility index (Phi) is 6.44. The summed E-state index contributed by atoms with van der Waals surface area (Å²) in [4.78, 5) is 26.4. The number of rotatable bonds is 6. The molecule has 0 radical (unpaired) electrons. The van der Waals surface area contributed by atoms with Crippen LogP contribution in [0.3, 0.4) is 0 Å². The monoisotopic (exact) mass is 382 g/mol. The van der Waals surface area contributed by atoms with Crippen LogP contribution in [-0.4, -0.2) is 47.2 Å². The second-order valence-electron chi connectivity index (χ2n) is 7.30. The first-order valence-corrected chi connectivity index (χ1v) is 9.47. The van der Waals surface area contributed by atoms with E-state index in [-0.39, 0.29) is 12.2 Å². The molecule has 0 bridgehead atoms. The molecule has 1 heterocycles. The first-order valence-electron chi connectivity index (χ1n) is 9.47. The van der Waals surface area contributed by atoms with Gasteiger partial charge in [0, 0.05) is 25.2 Å². The Morgan fingerprint density at radius 1 is 1.07 bits per heavy atom. The maximum absolute atomic E-state index is 12.5. The quantitative estimate of drug-likeness (QED) is 0.803. The molecule has 148 valence electrons. The van der Waals surface area contributed by atoms with Crippen molar-refractivity contribution in [2.45, 2.75) is 38.6 Å². The lowest BCUT2D eigenvalue weighted by Crippen LogP contribution is -2.44. The SMILES string of the molecule is C[C@@H]1CN(Cc2ccc(C(=O)N[C@H](C(=O)O)c3ccccc3)cc2)C[C@@H](C)O1. The van der Waals surface area contributed by atoms with Crippen molar-refractivity contribution < 1.29 is 19.4 Å². The number of nitrogens with one attached hydrogen (secondary N) is 1. The smallest absolute Gasteiger partial charge is 0.330 e. The van der Waals surface area contributed by atoms with Gasteiger partial charge < -0.3 is 15.2 Å². The minimum atomic E-state index is -1.09. The molecule has 0 saturated carbocycles. The van der Waals surface area contributed by atoms with Crippen LogP contribution in [0.2, 0.25) is 0 Å². The number of hydrogen-bond donors (Lipinski definition) is 2. The van der Waals surface area contributed by atoms with Crippen LogP contribution >= 0.6 is 0 Å². The van der Waals surface area contributed by atoms with Crippen molar-refractivity contribution in [1.82, 2.24) is 10.2 Å². The molecule has 1 amide bonds. The van der Waals surface area contributed by atoms with E-state index in [2.05, 4.69) is 24.1 Å². The van der Waals surface area contributed by atoms with Crippen LogP contribution in [0, 0.1) is 0 Å². The molecule has 6 nitrogen and oxygen atoms in total. The van der Waals surface area contributed by atoms with Crippen molar-refractivity contribution in [3.05, 3.63) is 71.3 Å². The van der Waals surface area contributed by atoms with Crippen LogP contribution in [0.1, 0.15) is 41.4 Å². The van der Waals surface area contributed by atoms with E-state index in [1.165, 1.54) is 0 Å². The zero-order valence-corrected chi connectivity index (χ0v) is 16.2. The number of carbonyl (C=O) groups is 2. The molecular formula is C22H26N2O4.